The van der Waals surface area contributed by atoms with E-state index in [2.05, 4.69) is 20.6 Å². The number of rotatable bonds is 6. The quantitative estimate of drug-likeness (QED) is 0.800. The molecule has 22 heavy (non-hydrogen) atoms. The van der Waals surface area contributed by atoms with Crippen molar-refractivity contribution in [2.24, 2.45) is 0 Å². The first-order valence-corrected chi connectivity index (χ1v) is 7.11. The molecule has 0 aliphatic carbocycles. The number of carbonyl (C=O) groups is 1. The van der Waals surface area contributed by atoms with Crippen LogP contribution in [-0.4, -0.2) is 36.1 Å². The van der Waals surface area contributed by atoms with Crippen LogP contribution in [0.4, 0.5) is 11.6 Å². The van der Waals surface area contributed by atoms with Crippen molar-refractivity contribution in [1.82, 2.24) is 15.3 Å². The lowest BCUT2D eigenvalue weighted by Crippen LogP contribution is -2.28. The molecule has 7 heteroatoms. The van der Waals surface area contributed by atoms with Gasteiger partial charge >= 0.3 is 0 Å². The minimum Gasteiger partial charge on any atom is -0.383 e. The molecule has 0 saturated heterocycles. The highest BCUT2D eigenvalue weighted by Crippen LogP contribution is 2.17. The van der Waals surface area contributed by atoms with E-state index in [4.69, 9.17) is 16.3 Å². The number of hydrogen-bond acceptors (Lipinski definition) is 5. The van der Waals surface area contributed by atoms with E-state index in [-0.39, 0.29) is 5.91 Å². The number of nitrogens with zero attached hydrogens (tertiary/aromatic N) is 2. The summed E-state index contributed by atoms with van der Waals surface area (Å²) in [7, 11) is 1.58. The van der Waals surface area contributed by atoms with E-state index in [1.807, 2.05) is 12.1 Å². The van der Waals surface area contributed by atoms with Crippen molar-refractivity contribution < 1.29 is 9.53 Å². The lowest BCUT2D eigenvalue weighted by Gasteiger charge is -2.09. The molecule has 0 radical (unpaired) electrons. The monoisotopic (exact) mass is 320 g/mol. The summed E-state index contributed by atoms with van der Waals surface area (Å²) < 4.78 is 4.89. The van der Waals surface area contributed by atoms with Crippen LogP contribution >= 0.6 is 11.6 Å². The summed E-state index contributed by atoms with van der Waals surface area (Å²) in [5.74, 6) is 0.0981. The van der Waals surface area contributed by atoms with Gasteiger partial charge in [0.1, 0.15) is 5.69 Å². The van der Waals surface area contributed by atoms with Gasteiger partial charge in [0, 0.05) is 30.1 Å². The largest absolute Gasteiger partial charge is 0.383 e. The van der Waals surface area contributed by atoms with Crippen LogP contribution in [0.3, 0.4) is 0 Å². The van der Waals surface area contributed by atoms with Crippen LogP contribution in [-0.2, 0) is 4.74 Å². The van der Waals surface area contributed by atoms with E-state index in [0.717, 1.165) is 5.69 Å². The lowest BCUT2D eigenvalue weighted by molar-refractivity contribution is 0.0932. The third-order valence-electron chi connectivity index (χ3n) is 2.78. The molecule has 1 aromatic heterocycles. The topological polar surface area (TPSA) is 76.1 Å². The minimum atomic E-state index is -0.262. The van der Waals surface area contributed by atoms with Gasteiger partial charge in [0.2, 0.25) is 5.95 Å². The SMILES string of the molecule is COCCNC(=O)c1cc(C)nc(Nc2ccc(Cl)cc2)n1. The Morgan fingerprint density at radius 3 is 2.68 bits per heavy atom. The van der Waals surface area contributed by atoms with Gasteiger partial charge in [-0.1, -0.05) is 11.6 Å². The Morgan fingerprint density at radius 1 is 1.27 bits per heavy atom. The number of aromatic nitrogens is 2. The Balaban J connectivity index is 2.12. The Morgan fingerprint density at radius 2 is 2.00 bits per heavy atom. The summed E-state index contributed by atoms with van der Waals surface area (Å²) in [4.78, 5) is 20.5. The molecule has 0 spiro atoms. The van der Waals surface area contributed by atoms with E-state index >= 15 is 0 Å². The van der Waals surface area contributed by atoms with Gasteiger partial charge in [0.15, 0.2) is 0 Å². The van der Waals surface area contributed by atoms with Gasteiger partial charge in [-0.3, -0.25) is 4.79 Å². The number of nitrogens with one attached hydrogen (secondary N) is 2. The normalized spacial score (nSPS) is 10.3. The smallest absolute Gasteiger partial charge is 0.270 e. The summed E-state index contributed by atoms with van der Waals surface area (Å²) in [5.41, 5.74) is 1.80. The van der Waals surface area contributed by atoms with Crippen LogP contribution < -0.4 is 10.6 Å². The minimum absolute atomic E-state index is 0.262. The molecule has 116 valence electrons. The summed E-state index contributed by atoms with van der Waals surface area (Å²) in [6.45, 7) is 2.69. The van der Waals surface area contributed by atoms with E-state index in [1.54, 1.807) is 32.2 Å². The number of hydrogen-bond donors (Lipinski definition) is 2. The summed E-state index contributed by atoms with van der Waals surface area (Å²) in [6, 6.07) is 8.78. The molecule has 2 N–H and O–H groups in total. The fraction of sp³-hybridized carbons (Fsp3) is 0.267. The lowest BCUT2D eigenvalue weighted by atomic mass is 10.3. The number of halogens is 1. The fourth-order valence-electron chi connectivity index (χ4n) is 1.76. The van der Waals surface area contributed by atoms with Crippen molar-refractivity contribution in [2.75, 3.05) is 25.6 Å². The second-order valence-electron chi connectivity index (χ2n) is 4.60. The second kappa shape index (κ2) is 7.72. The summed E-state index contributed by atoms with van der Waals surface area (Å²) >= 11 is 5.84. The van der Waals surface area contributed by atoms with Crippen LogP contribution in [0.2, 0.25) is 5.02 Å². The second-order valence-corrected chi connectivity index (χ2v) is 5.04. The molecule has 6 nitrogen and oxygen atoms in total. The number of methoxy groups -OCH3 is 1. The van der Waals surface area contributed by atoms with Crippen molar-refractivity contribution in [3.63, 3.8) is 0 Å². The highest BCUT2D eigenvalue weighted by atomic mass is 35.5. The highest BCUT2D eigenvalue weighted by molar-refractivity contribution is 6.30. The zero-order chi connectivity index (χ0) is 15.9. The number of carbonyl (C=O) groups excluding carboxylic acids is 1. The van der Waals surface area contributed by atoms with Gasteiger partial charge in [-0.2, -0.15) is 0 Å². The zero-order valence-electron chi connectivity index (χ0n) is 12.4. The van der Waals surface area contributed by atoms with E-state index in [9.17, 15) is 4.79 Å². The number of benzene rings is 1. The Labute approximate surface area is 133 Å². The maximum Gasteiger partial charge on any atom is 0.270 e. The van der Waals surface area contributed by atoms with Crippen LogP contribution in [0.1, 0.15) is 16.2 Å². The first kappa shape index (κ1) is 16.2. The molecule has 0 unspecified atom stereocenters. The average molecular weight is 321 g/mol. The van der Waals surface area contributed by atoms with Gasteiger partial charge in [-0.25, -0.2) is 9.97 Å². The van der Waals surface area contributed by atoms with Crippen molar-refractivity contribution in [3.8, 4) is 0 Å². The molecule has 0 atom stereocenters. The first-order valence-electron chi connectivity index (χ1n) is 6.74. The Bertz CT molecular complexity index is 646. The molecule has 0 aliphatic heterocycles. The predicted octanol–water partition coefficient (Wildman–Crippen LogP) is 2.56. The summed E-state index contributed by atoms with van der Waals surface area (Å²) in [6.07, 6.45) is 0. The van der Waals surface area contributed by atoms with Crippen LogP contribution in [0.5, 0.6) is 0 Å². The maximum atomic E-state index is 12.0. The molecular formula is C15H17ClN4O2. The molecule has 0 bridgehead atoms. The number of anilines is 2. The van der Waals surface area contributed by atoms with Crippen molar-refractivity contribution in [3.05, 3.63) is 46.7 Å². The molecule has 2 aromatic rings. The van der Waals surface area contributed by atoms with Crippen LogP contribution in [0, 0.1) is 6.92 Å². The Hall–Kier alpha value is -2.18. The predicted molar refractivity (Wildman–Crippen MR) is 85.7 cm³/mol. The van der Waals surface area contributed by atoms with E-state index in [1.165, 1.54) is 0 Å². The standard InChI is InChI=1S/C15H17ClN4O2/c1-10-9-13(14(21)17-7-8-22-2)20-15(18-10)19-12-5-3-11(16)4-6-12/h3-6,9H,7-8H2,1-2H3,(H,17,21)(H,18,19,20). The van der Waals surface area contributed by atoms with E-state index in [0.29, 0.717) is 35.5 Å². The van der Waals surface area contributed by atoms with Gasteiger partial charge in [0.05, 0.1) is 6.61 Å². The molecular weight excluding hydrogens is 304 g/mol. The first-order chi connectivity index (χ1) is 10.6. The van der Waals surface area contributed by atoms with Crippen molar-refractivity contribution in [1.29, 1.82) is 0 Å². The highest BCUT2D eigenvalue weighted by Gasteiger charge is 2.10. The van der Waals surface area contributed by atoms with E-state index < -0.39 is 0 Å². The van der Waals surface area contributed by atoms with Crippen molar-refractivity contribution >= 4 is 29.1 Å². The number of amides is 1. The third-order valence-corrected chi connectivity index (χ3v) is 3.03. The molecule has 0 aliphatic rings. The molecule has 0 saturated carbocycles. The van der Waals surface area contributed by atoms with Gasteiger partial charge in [-0.05, 0) is 37.3 Å². The summed E-state index contributed by atoms with van der Waals surface area (Å²) in [5, 5.41) is 6.42. The van der Waals surface area contributed by atoms with Crippen molar-refractivity contribution in [2.45, 2.75) is 6.92 Å². The van der Waals surface area contributed by atoms with Crippen LogP contribution in [0.15, 0.2) is 30.3 Å². The molecule has 0 fully saturated rings. The maximum absolute atomic E-state index is 12.0. The molecule has 2 rings (SSSR count). The molecule has 1 aromatic carbocycles. The zero-order valence-corrected chi connectivity index (χ0v) is 13.1. The van der Waals surface area contributed by atoms with Gasteiger partial charge in [0.25, 0.3) is 5.91 Å². The fourth-order valence-corrected chi connectivity index (χ4v) is 1.89. The molecule has 1 amide bonds. The number of ether oxygens (including phenoxy) is 1. The number of aryl methyl sites for hydroxylation is 1. The average Bonchev–Trinajstić information content (AvgIpc) is 2.49. The Kier molecular flexibility index (Phi) is 5.68. The molecule has 1 heterocycles. The van der Waals surface area contributed by atoms with Crippen LogP contribution in [0.25, 0.3) is 0 Å². The third kappa shape index (κ3) is 4.68. The van der Waals surface area contributed by atoms with Gasteiger partial charge in [-0.15, -0.1) is 0 Å². The van der Waals surface area contributed by atoms with Gasteiger partial charge < -0.3 is 15.4 Å².